The number of rotatable bonds is 1. The van der Waals surface area contributed by atoms with Gasteiger partial charge in [-0.25, -0.2) is 0 Å². The van der Waals surface area contributed by atoms with E-state index >= 15 is 0 Å². The molecule has 5 heteroatoms. The van der Waals surface area contributed by atoms with E-state index in [2.05, 4.69) is 11.1 Å². The van der Waals surface area contributed by atoms with Crippen LogP contribution in [-0.2, 0) is 0 Å². The van der Waals surface area contributed by atoms with Crippen molar-refractivity contribution in [1.29, 1.82) is 5.26 Å². The van der Waals surface area contributed by atoms with Crippen molar-refractivity contribution < 1.29 is 0 Å². The average molecular weight is 242 g/mol. The van der Waals surface area contributed by atoms with E-state index in [1.807, 2.05) is 4.90 Å². The van der Waals surface area contributed by atoms with Crippen LogP contribution in [0.3, 0.4) is 0 Å². The van der Waals surface area contributed by atoms with Gasteiger partial charge in [-0.05, 0) is 6.42 Å². The van der Waals surface area contributed by atoms with E-state index in [4.69, 9.17) is 28.5 Å². The molecule has 0 amide bonds. The van der Waals surface area contributed by atoms with Gasteiger partial charge in [-0.1, -0.05) is 23.2 Å². The largest absolute Gasteiger partial charge is 0.368 e. The topological polar surface area (TPSA) is 39.9 Å². The predicted molar refractivity (Wildman–Crippen MR) is 60.2 cm³/mol. The lowest BCUT2D eigenvalue weighted by molar-refractivity contribution is 0.755. The van der Waals surface area contributed by atoms with Gasteiger partial charge in [-0.2, -0.15) is 5.26 Å². The Kier molecular flexibility index (Phi) is 2.99. The zero-order chi connectivity index (χ0) is 10.8. The molecule has 2 heterocycles. The van der Waals surface area contributed by atoms with Gasteiger partial charge in [0.2, 0.25) is 0 Å². The van der Waals surface area contributed by atoms with Gasteiger partial charge >= 0.3 is 0 Å². The van der Waals surface area contributed by atoms with Gasteiger partial charge in [0.05, 0.1) is 27.7 Å². The highest BCUT2D eigenvalue weighted by molar-refractivity contribution is 6.38. The number of anilines is 1. The summed E-state index contributed by atoms with van der Waals surface area (Å²) in [7, 11) is 0. The van der Waals surface area contributed by atoms with E-state index in [-0.39, 0.29) is 5.92 Å². The third-order valence-electron chi connectivity index (χ3n) is 2.52. The maximum Gasteiger partial charge on any atom is 0.0838 e. The fourth-order valence-electron chi connectivity index (χ4n) is 1.78. The molecule has 2 rings (SSSR count). The smallest absolute Gasteiger partial charge is 0.0838 e. The minimum absolute atomic E-state index is 0.0744. The Morgan fingerprint density at radius 1 is 1.40 bits per heavy atom. The molecule has 1 aliphatic rings. The first-order chi connectivity index (χ1) is 7.22. The van der Waals surface area contributed by atoms with Crippen LogP contribution in [0.1, 0.15) is 6.42 Å². The molecule has 1 aromatic rings. The fraction of sp³-hybridized carbons (Fsp3) is 0.400. The first kappa shape index (κ1) is 10.5. The van der Waals surface area contributed by atoms with Gasteiger partial charge in [0.15, 0.2) is 0 Å². The summed E-state index contributed by atoms with van der Waals surface area (Å²) in [6.45, 7) is 1.52. The highest BCUT2D eigenvalue weighted by atomic mass is 35.5. The maximum absolute atomic E-state index is 8.81. The lowest BCUT2D eigenvalue weighted by Crippen LogP contribution is -2.20. The van der Waals surface area contributed by atoms with Crippen molar-refractivity contribution in [2.75, 3.05) is 18.0 Å². The number of hydrogen-bond donors (Lipinski definition) is 0. The maximum atomic E-state index is 8.81. The predicted octanol–water partition coefficient (Wildman–Crippen LogP) is 2.74. The van der Waals surface area contributed by atoms with E-state index < -0.39 is 0 Å². The van der Waals surface area contributed by atoms with E-state index in [1.165, 1.54) is 0 Å². The van der Waals surface area contributed by atoms with Crippen LogP contribution in [0.2, 0.25) is 10.0 Å². The standard InChI is InChI=1S/C10H9Cl2N3/c11-8-4-14-5-9(12)10(8)15-2-1-7(3-13)6-15/h4-5,7H,1-2,6H2/t7-/m0/s1. The first-order valence-corrected chi connectivity index (χ1v) is 5.41. The molecule has 0 aliphatic carbocycles. The molecule has 3 nitrogen and oxygen atoms in total. The van der Waals surface area contributed by atoms with Crippen LogP contribution >= 0.6 is 23.2 Å². The molecule has 0 unspecified atom stereocenters. The van der Waals surface area contributed by atoms with E-state index in [9.17, 15) is 0 Å². The summed E-state index contributed by atoms with van der Waals surface area (Å²) in [6, 6.07) is 2.26. The molecular weight excluding hydrogens is 233 g/mol. The van der Waals surface area contributed by atoms with Crippen molar-refractivity contribution in [3.63, 3.8) is 0 Å². The van der Waals surface area contributed by atoms with Crippen LogP contribution < -0.4 is 4.90 Å². The molecule has 1 fully saturated rings. The zero-order valence-corrected chi connectivity index (χ0v) is 9.46. The van der Waals surface area contributed by atoms with Gasteiger partial charge < -0.3 is 4.90 Å². The van der Waals surface area contributed by atoms with Gasteiger partial charge in [0, 0.05) is 25.5 Å². The van der Waals surface area contributed by atoms with Crippen LogP contribution in [-0.4, -0.2) is 18.1 Å². The monoisotopic (exact) mass is 241 g/mol. The van der Waals surface area contributed by atoms with Crippen molar-refractivity contribution in [3.05, 3.63) is 22.4 Å². The van der Waals surface area contributed by atoms with Crippen molar-refractivity contribution >= 4 is 28.9 Å². The average Bonchev–Trinajstić information content (AvgIpc) is 2.66. The molecule has 1 aromatic heterocycles. The Hall–Kier alpha value is -0.980. The fourth-order valence-corrected chi connectivity index (χ4v) is 2.38. The molecule has 0 saturated carbocycles. The molecular formula is C10H9Cl2N3. The summed E-state index contributed by atoms with van der Waals surface area (Å²) in [5.74, 6) is 0.0744. The Balaban J connectivity index is 2.28. The third kappa shape index (κ3) is 2.01. The Labute approximate surface area is 98.2 Å². The Morgan fingerprint density at radius 2 is 2.07 bits per heavy atom. The molecule has 78 valence electrons. The van der Waals surface area contributed by atoms with Crippen LogP contribution in [0, 0.1) is 17.2 Å². The number of halogens is 2. The summed E-state index contributed by atoms with van der Waals surface area (Å²) in [4.78, 5) is 5.94. The van der Waals surface area contributed by atoms with Crippen molar-refractivity contribution in [2.45, 2.75) is 6.42 Å². The number of nitrogens with zero attached hydrogens (tertiary/aromatic N) is 3. The molecule has 0 N–H and O–H groups in total. The van der Waals surface area contributed by atoms with Crippen molar-refractivity contribution in [2.24, 2.45) is 5.92 Å². The molecule has 0 aromatic carbocycles. The highest BCUT2D eigenvalue weighted by Crippen LogP contribution is 2.35. The SMILES string of the molecule is N#C[C@@H]1CCN(c2c(Cl)cncc2Cl)C1. The number of aromatic nitrogens is 1. The summed E-state index contributed by atoms with van der Waals surface area (Å²) in [6.07, 6.45) is 4.01. The summed E-state index contributed by atoms with van der Waals surface area (Å²) in [5, 5.41) is 9.90. The minimum Gasteiger partial charge on any atom is -0.368 e. The van der Waals surface area contributed by atoms with Gasteiger partial charge in [0.25, 0.3) is 0 Å². The normalized spacial score (nSPS) is 20.3. The first-order valence-electron chi connectivity index (χ1n) is 4.66. The van der Waals surface area contributed by atoms with Crippen LogP contribution in [0.5, 0.6) is 0 Å². The zero-order valence-electron chi connectivity index (χ0n) is 7.95. The van der Waals surface area contributed by atoms with Crippen molar-refractivity contribution in [3.8, 4) is 6.07 Å². The quantitative estimate of drug-likeness (QED) is 0.760. The molecule has 1 saturated heterocycles. The summed E-state index contributed by atoms with van der Waals surface area (Å²) < 4.78 is 0. The summed E-state index contributed by atoms with van der Waals surface area (Å²) in [5.41, 5.74) is 0.797. The van der Waals surface area contributed by atoms with Gasteiger partial charge in [0.1, 0.15) is 0 Å². The molecule has 0 radical (unpaired) electrons. The van der Waals surface area contributed by atoms with Crippen LogP contribution in [0.25, 0.3) is 0 Å². The minimum atomic E-state index is 0.0744. The second-order valence-electron chi connectivity index (χ2n) is 3.51. The molecule has 1 aliphatic heterocycles. The Bertz CT molecular complexity index is 393. The lowest BCUT2D eigenvalue weighted by atomic mass is 10.1. The van der Waals surface area contributed by atoms with E-state index in [0.29, 0.717) is 16.6 Å². The molecule has 1 atom stereocenters. The van der Waals surface area contributed by atoms with E-state index in [0.717, 1.165) is 18.7 Å². The molecule has 15 heavy (non-hydrogen) atoms. The second kappa shape index (κ2) is 4.26. The van der Waals surface area contributed by atoms with Crippen molar-refractivity contribution in [1.82, 2.24) is 4.98 Å². The highest BCUT2D eigenvalue weighted by Gasteiger charge is 2.25. The Morgan fingerprint density at radius 3 is 2.60 bits per heavy atom. The molecule has 0 bridgehead atoms. The molecule has 0 spiro atoms. The van der Waals surface area contributed by atoms with Gasteiger partial charge in [-0.15, -0.1) is 0 Å². The second-order valence-corrected chi connectivity index (χ2v) is 4.33. The summed E-state index contributed by atoms with van der Waals surface area (Å²) >= 11 is 12.1. The third-order valence-corrected chi connectivity index (χ3v) is 3.07. The van der Waals surface area contributed by atoms with Crippen LogP contribution in [0.15, 0.2) is 12.4 Å². The number of nitriles is 1. The number of hydrogen-bond acceptors (Lipinski definition) is 3. The van der Waals surface area contributed by atoms with Gasteiger partial charge in [-0.3, -0.25) is 4.98 Å². The number of pyridine rings is 1. The lowest BCUT2D eigenvalue weighted by Gasteiger charge is -2.20. The van der Waals surface area contributed by atoms with E-state index in [1.54, 1.807) is 12.4 Å². The van der Waals surface area contributed by atoms with Crippen LogP contribution in [0.4, 0.5) is 5.69 Å².